The molecule has 0 spiro atoms. The molecule has 0 aromatic heterocycles. The number of rotatable bonds is 2. The van der Waals surface area contributed by atoms with Crippen molar-refractivity contribution in [2.24, 2.45) is 17.3 Å². The van der Waals surface area contributed by atoms with Crippen LogP contribution in [0.15, 0.2) is 11.6 Å². The zero-order valence-corrected chi connectivity index (χ0v) is 12.3. The smallest absolute Gasteiger partial charge is 0.0196 e. The molecule has 1 heterocycles. The van der Waals surface area contributed by atoms with E-state index in [2.05, 4.69) is 36.8 Å². The van der Waals surface area contributed by atoms with Gasteiger partial charge in [-0.2, -0.15) is 0 Å². The summed E-state index contributed by atoms with van der Waals surface area (Å²) < 4.78 is 0. The Bertz CT molecular complexity index is 345. The number of allylic oxidation sites excluding steroid dienone is 1. The highest BCUT2D eigenvalue weighted by molar-refractivity contribution is 5.24. The molecular formula is C16H28N2. The first-order valence-electron chi connectivity index (χ1n) is 7.67. The van der Waals surface area contributed by atoms with Crippen molar-refractivity contribution in [2.75, 3.05) is 39.8 Å². The van der Waals surface area contributed by atoms with Gasteiger partial charge in [0.15, 0.2) is 0 Å². The molecule has 2 nitrogen and oxygen atoms in total. The highest BCUT2D eigenvalue weighted by atomic mass is 15.2. The van der Waals surface area contributed by atoms with Crippen LogP contribution in [-0.2, 0) is 0 Å². The summed E-state index contributed by atoms with van der Waals surface area (Å²) in [6.07, 6.45) is 6.71. The van der Waals surface area contributed by atoms with Gasteiger partial charge in [0.1, 0.15) is 0 Å². The van der Waals surface area contributed by atoms with E-state index in [9.17, 15) is 0 Å². The summed E-state index contributed by atoms with van der Waals surface area (Å²) in [4.78, 5) is 5.16. The molecule has 0 radical (unpaired) electrons. The van der Waals surface area contributed by atoms with Crippen molar-refractivity contribution in [3.05, 3.63) is 11.6 Å². The van der Waals surface area contributed by atoms with Crippen molar-refractivity contribution in [3.63, 3.8) is 0 Å². The van der Waals surface area contributed by atoms with Crippen LogP contribution in [0.4, 0.5) is 0 Å². The normalized spacial score (nSPS) is 36.7. The van der Waals surface area contributed by atoms with E-state index in [0.717, 1.165) is 11.8 Å². The van der Waals surface area contributed by atoms with E-state index >= 15 is 0 Å². The van der Waals surface area contributed by atoms with Crippen molar-refractivity contribution in [3.8, 4) is 0 Å². The second-order valence-corrected chi connectivity index (χ2v) is 7.25. The highest BCUT2D eigenvalue weighted by Gasteiger charge is 2.51. The van der Waals surface area contributed by atoms with Gasteiger partial charge < -0.3 is 4.90 Å². The van der Waals surface area contributed by atoms with Crippen LogP contribution in [0.3, 0.4) is 0 Å². The third-order valence-electron chi connectivity index (χ3n) is 5.80. The first-order valence-corrected chi connectivity index (χ1v) is 7.67. The van der Waals surface area contributed by atoms with Crippen LogP contribution < -0.4 is 0 Å². The zero-order valence-electron chi connectivity index (χ0n) is 12.3. The van der Waals surface area contributed by atoms with Gasteiger partial charge in [-0.15, -0.1) is 0 Å². The lowest BCUT2D eigenvalue weighted by atomic mass is 9.49. The second kappa shape index (κ2) is 4.64. The molecule has 0 aromatic rings. The average molecular weight is 248 g/mol. The fourth-order valence-electron chi connectivity index (χ4n) is 4.17. The molecule has 2 unspecified atom stereocenters. The Morgan fingerprint density at radius 1 is 1.22 bits per heavy atom. The lowest BCUT2D eigenvalue weighted by Crippen LogP contribution is -2.50. The summed E-state index contributed by atoms with van der Waals surface area (Å²) in [6.45, 7) is 11.3. The summed E-state index contributed by atoms with van der Waals surface area (Å²) in [7, 11) is 2.25. The summed E-state index contributed by atoms with van der Waals surface area (Å²) in [5.41, 5.74) is 2.35. The number of hydrogen-bond donors (Lipinski definition) is 0. The quantitative estimate of drug-likeness (QED) is 0.693. The molecule has 1 aliphatic heterocycles. The fraction of sp³-hybridized carbons (Fsp3) is 0.875. The van der Waals surface area contributed by atoms with E-state index in [-0.39, 0.29) is 0 Å². The van der Waals surface area contributed by atoms with Crippen molar-refractivity contribution in [2.45, 2.75) is 33.1 Å². The first kappa shape index (κ1) is 12.7. The van der Waals surface area contributed by atoms with Crippen LogP contribution in [0.25, 0.3) is 0 Å². The van der Waals surface area contributed by atoms with E-state index in [1.165, 1.54) is 52.0 Å². The van der Waals surface area contributed by atoms with Crippen LogP contribution in [0, 0.1) is 17.3 Å². The van der Waals surface area contributed by atoms with Gasteiger partial charge in [0, 0.05) is 19.6 Å². The van der Waals surface area contributed by atoms with Crippen molar-refractivity contribution in [1.29, 1.82) is 0 Å². The van der Waals surface area contributed by atoms with Gasteiger partial charge in [0.2, 0.25) is 0 Å². The third-order valence-corrected chi connectivity index (χ3v) is 5.80. The molecule has 102 valence electrons. The molecule has 2 bridgehead atoms. The van der Waals surface area contributed by atoms with Crippen molar-refractivity contribution in [1.82, 2.24) is 9.80 Å². The SMILES string of the molecule is CN1CCCN(CC2=CCC3CC2C3(C)C)CC1. The Balaban J connectivity index is 1.61. The fourth-order valence-corrected chi connectivity index (χ4v) is 4.17. The summed E-state index contributed by atoms with van der Waals surface area (Å²) >= 11 is 0. The van der Waals surface area contributed by atoms with Crippen LogP contribution in [0.1, 0.15) is 33.1 Å². The van der Waals surface area contributed by atoms with Crippen LogP contribution in [0.2, 0.25) is 0 Å². The van der Waals surface area contributed by atoms with Gasteiger partial charge in [-0.25, -0.2) is 0 Å². The minimum Gasteiger partial charge on any atom is -0.305 e. The predicted molar refractivity (Wildman–Crippen MR) is 76.6 cm³/mol. The topological polar surface area (TPSA) is 6.48 Å². The molecule has 1 saturated heterocycles. The molecule has 0 aromatic carbocycles. The Hall–Kier alpha value is -0.340. The summed E-state index contributed by atoms with van der Waals surface area (Å²) in [5.74, 6) is 1.86. The Morgan fingerprint density at radius 3 is 2.78 bits per heavy atom. The number of hydrogen-bond acceptors (Lipinski definition) is 2. The average Bonchev–Trinajstić information content (AvgIpc) is 2.54. The third kappa shape index (κ3) is 2.14. The van der Waals surface area contributed by atoms with E-state index in [0.29, 0.717) is 5.41 Å². The monoisotopic (exact) mass is 248 g/mol. The lowest BCUT2D eigenvalue weighted by Gasteiger charge is -2.57. The molecule has 2 fully saturated rings. The number of nitrogens with zero attached hydrogens (tertiary/aromatic N) is 2. The molecule has 0 N–H and O–H groups in total. The largest absolute Gasteiger partial charge is 0.305 e. The van der Waals surface area contributed by atoms with E-state index < -0.39 is 0 Å². The number of fused-ring (bicyclic) bond motifs is 1. The standard InChI is InChI=1S/C16H28N2/c1-16(2)14-6-5-13(15(16)11-14)12-18-8-4-7-17(3)9-10-18/h5,14-15H,4,6-12H2,1-3H3. The molecule has 3 aliphatic carbocycles. The van der Waals surface area contributed by atoms with Gasteiger partial charge in [-0.3, -0.25) is 4.90 Å². The first-order chi connectivity index (χ1) is 8.57. The van der Waals surface area contributed by atoms with Gasteiger partial charge >= 0.3 is 0 Å². The summed E-state index contributed by atoms with van der Waals surface area (Å²) in [6, 6.07) is 0. The molecule has 2 atom stereocenters. The molecule has 2 heteroatoms. The van der Waals surface area contributed by atoms with Gasteiger partial charge in [-0.05, 0) is 56.7 Å². The van der Waals surface area contributed by atoms with E-state index in [1.807, 2.05) is 0 Å². The van der Waals surface area contributed by atoms with Gasteiger partial charge in [0.05, 0.1) is 0 Å². The molecule has 0 amide bonds. The Labute approximate surface area is 112 Å². The van der Waals surface area contributed by atoms with E-state index in [4.69, 9.17) is 0 Å². The second-order valence-electron chi connectivity index (χ2n) is 7.25. The van der Waals surface area contributed by atoms with Crippen molar-refractivity contribution < 1.29 is 0 Å². The predicted octanol–water partition coefficient (Wildman–Crippen LogP) is 2.62. The lowest BCUT2D eigenvalue weighted by molar-refractivity contribution is -0.0105. The highest BCUT2D eigenvalue weighted by Crippen LogP contribution is 2.59. The Morgan fingerprint density at radius 2 is 2.06 bits per heavy atom. The molecule has 1 saturated carbocycles. The van der Waals surface area contributed by atoms with Crippen LogP contribution in [0.5, 0.6) is 0 Å². The minimum atomic E-state index is 0.590. The van der Waals surface area contributed by atoms with Gasteiger partial charge in [-0.1, -0.05) is 25.5 Å². The number of likely N-dealkylation sites (N-methyl/N-ethyl adjacent to an activating group) is 1. The summed E-state index contributed by atoms with van der Waals surface area (Å²) in [5, 5.41) is 0. The van der Waals surface area contributed by atoms with Crippen molar-refractivity contribution >= 4 is 0 Å². The zero-order chi connectivity index (χ0) is 12.8. The van der Waals surface area contributed by atoms with E-state index in [1.54, 1.807) is 5.57 Å². The molecule has 18 heavy (non-hydrogen) atoms. The maximum absolute atomic E-state index is 2.68. The molecule has 4 aliphatic rings. The maximum atomic E-state index is 2.68. The molecular weight excluding hydrogens is 220 g/mol. The van der Waals surface area contributed by atoms with Gasteiger partial charge in [0.25, 0.3) is 0 Å². The molecule has 4 rings (SSSR count). The minimum absolute atomic E-state index is 0.590. The Kier molecular flexibility index (Phi) is 3.27. The van der Waals surface area contributed by atoms with Crippen LogP contribution >= 0.6 is 0 Å². The van der Waals surface area contributed by atoms with Crippen LogP contribution in [-0.4, -0.2) is 49.6 Å². The maximum Gasteiger partial charge on any atom is 0.0196 e.